The number of carbonyl (C=O) groups is 1. The van der Waals surface area contributed by atoms with Crippen molar-refractivity contribution in [1.82, 2.24) is 4.57 Å². The highest BCUT2D eigenvalue weighted by molar-refractivity contribution is 5.93. The van der Waals surface area contributed by atoms with Crippen molar-refractivity contribution in [3.8, 4) is 0 Å². The lowest BCUT2D eigenvalue weighted by atomic mass is 9.98. The molecule has 0 atom stereocenters. The summed E-state index contributed by atoms with van der Waals surface area (Å²) in [5, 5.41) is 0. The van der Waals surface area contributed by atoms with Gasteiger partial charge in [-0.05, 0) is 37.3 Å². The Labute approximate surface area is 78.6 Å². The van der Waals surface area contributed by atoms with Gasteiger partial charge in [0.15, 0.2) is 5.78 Å². The lowest BCUT2D eigenvalue weighted by Crippen LogP contribution is -2.07. The van der Waals surface area contributed by atoms with Gasteiger partial charge in [0.2, 0.25) is 0 Å². The second-order valence-corrected chi connectivity index (χ2v) is 3.82. The van der Waals surface area contributed by atoms with Crippen LogP contribution in [0.2, 0.25) is 0 Å². The predicted octanol–water partition coefficient (Wildman–Crippen LogP) is 2.11. The number of hydrogen-bond acceptors (Lipinski definition) is 1. The first-order valence-electron chi connectivity index (χ1n) is 4.88. The summed E-state index contributed by atoms with van der Waals surface area (Å²) in [5.74, 6) is 0.178. The molecule has 0 radical (unpaired) electrons. The van der Waals surface area contributed by atoms with Crippen LogP contribution >= 0.6 is 0 Å². The van der Waals surface area contributed by atoms with Gasteiger partial charge in [0.1, 0.15) is 0 Å². The van der Waals surface area contributed by atoms with Crippen LogP contribution in [-0.2, 0) is 19.9 Å². The number of fused-ring (bicyclic) bond motifs is 1. The summed E-state index contributed by atoms with van der Waals surface area (Å²) in [6.07, 6.45) is 4.83. The molecule has 13 heavy (non-hydrogen) atoms. The number of hydrogen-bond donors (Lipinski definition) is 0. The van der Waals surface area contributed by atoms with E-state index in [-0.39, 0.29) is 5.78 Å². The predicted molar refractivity (Wildman–Crippen MR) is 52.1 cm³/mol. The first-order valence-corrected chi connectivity index (χ1v) is 4.88. The van der Waals surface area contributed by atoms with Crippen molar-refractivity contribution in [1.29, 1.82) is 0 Å². The van der Waals surface area contributed by atoms with Crippen LogP contribution in [0, 0.1) is 0 Å². The molecule has 1 aliphatic carbocycles. The molecule has 0 unspecified atom stereocenters. The van der Waals surface area contributed by atoms with Gasteiger partial charge in [-0.2, -0.15) is 0 Å². The lowest BCUT2D eigenvalue weighted by molar-refractivity contribution is 0.101. The number of rotatable bonds is 1. The normalized spacial score (nSPS) is 15.5. The van der Waals surface area contributed by atoms with Crippen LogP contribution < -0.4 is 0 Å². The van der Waals surface area contributed by atoms with E-state index in [1.165, 1.54) is 24.1 Å². The fraction of sp³-hybridized carbons (Fsp3) is 0.545. The SMILES string of the molecule is CC(=O)c1cc2c(n1C)CCCC2. The van der Waals surface area contributed by atoms with Gasteiger partial charge in [0, 0.05) is 19.7 Å². The average Bonchev–Trinajstić information content (AvgIpc) is 2.45. The number of aromatic nitrogens is 1. The van der Waals surface area contributed by atoms with Crippen molar-refractivity contribution in [2.45, 2.75) is 32.6 Å². The number of ketones is 1. The van der Waals surface area contributed by atoms with Gasteiger partial charge in [-0.15, -0.1) is 0 Å². The van der Waals surface area contributed by atoms with Crippen LogP contribution in [0.1, 0.15) is 41.5 Å². The zero-order valence-electron chi connectivity index (χ0n) is 8.26. The molecule has 1 aromatic heterocycles. The largest absolute Gasteiger partial charge is 0.345 e. The van der Waals surface area contributed by atoms with Gasteiger partial charge in [0.25, 0.3) is 0 Å². The average molecular weight is 177 g/mol. The van der Waals surface area contributed by atoms with Crippen LogP contribution in [0.4, 0.5) is 0 Å². The second-order valence-electron chi connectivity index (χ2n) is 3.82. The molecule has 1 aliphatic rings. The molecule has 0 bridgehead atoms. The molecule has 0 aromatic carbocycles. The summed E-state index contributed by atoms with van der Waals surface area (Å²) in [6.45, 7) is 1.64. The fourth-order valence-corrected chi connectivity index (χ4v) is 2.20. The Hall–Kier alpha value is -1.05. The molecule has 0 saturated heterocycles. The Kier molecular flexibility index (Phi) is 1.98. The third kappa shape index (κ3) is 1.30. The fourth-order valence-electron chi connectivity index (χ4n) is 2.20. The van der Waals surface area contributed by atoms with Crippen LogP contribution in [-0.4, -0.2) is 10.4 Å². The minimum absolute atomic E-state index is 0.178. The van der Waals surface area contributed by atoms with E-state index in [9.17, 15) is 4.79 Å². The maximum atomic E-state index is 11.3. The Morgan fingerprint density at radius 1 is 1.38 bits per heavy atom. The standard InChI is InChI=1S/C11H15NO/c1-8(13)11-7-9-5-3-4-6-10(9)12(11)2/h7H,3-6H2,1-2H3. The number of nitrogens with zero attached hydrogens (tertiary/aromatic N) is 1. The summed E-state index contributed by atoms with van der Waals surface area (Å²) in [4.78, 5) is 11.3. The van der Waals surface area contributed by atoms with Crippen molar-refractivity contribution in [3.05, 3.63) is 23.0 Å². The molecule has 0 N–H and O–H groups in total. The highest BCUT2D eigenvalue weighted by Crippen LogP contribution is 2.24. The van der Waals surface area contributed by atoms with Crippen molar-refractivity contribution >= 4 is 5.78 Å². The van der Waals surface area contributed by atoms with Gasteiger partial charge in [-0.1, -0.05) is 0 Å². The molecule has 0 spiro atoms. The minimum atomic E-state index is 0.178. The van der Waals surface area contributed by atoms with Crippen LogP contribution in [0.3, 0.4) is 0 Å². The van der Waals surface area contributed by atoms with E-state index in [0.29, 0.717) is 0 Å². The molecule has 0 saturated carbocycles. The molecule has 0 fully saturated rings. The van der Waals surface area contributed by atoms with Crippen molar-refractivity contribution in [2.24, 2.45) is 7.05 Å². The zero-order valence-corrected chi connectivity index (χ0v) is 8.26. The summed E-state index contributed by atoms with van der Waals surface area (Å²) in [6, 6.07) is 2.07. The van der Waals surface area contributed by atoms with E-state index in [0.717, 1.165) is 18.5 Å². The summed E-state index contributed by atoms with van der Waals surface area (Å²) < 4.78 is 2.07. The highest BCUT2D eigenvalue weighted by Gasteiger charge is 2.17. The molecular formula is C11H15NO. The summed E-state index contributed by atoms with van der Waals surface area (Å²) in [5.41, 5.74) is 3.63. The van der Waals surface area contributed by atoms with E-state index in [2.05, 4.69) is 10.6 Å². The van der Waals surface area contributed by atoms with E-state index < -0.39 is 0 Å². The van der Waals surface area contributed by atoms with Crippen LogP contribution in [0.15, 0.2) is 6.07 Å². The number of carbonyl (C=O) groups excluding carboxylic acids is 1. The van der Waals surface area contributed by atoms with Gasteiger partial charge in [0.05, 0.1) is 5.69 Å². The van der Waals surface area contributed by atoms with Gasteiger partial charge in [-0.25, -0.2) is 0 Å². The molecule has 1 heterocycles. The molecule has 0 amide bonds. The number of Topliss-reactive ketones (excluding diaryl/α,β-unsaturated/α-hetero) is 1. The maximum Gasteiger partial charge on any atom is 0.176 e. The van der Waals surface area contributed by atoms with Crippen molar-refractivity contribution in [2.75, 3.05) is 0 Å². The Morgan fingerprint density at radius 2 is 2.08 bits per heavy atom. The molecule has 2 nitrogen and oxygen atoms in total. The maximum absolute atomic E-state index is 11.3. The molecule has 70 valence electrons. The van der Waals surface area contributed by atoms with E-state index in [1.807, 2.05) is 7.05 Å². The minimum Gasteiger partial charge on any atom is -0.345 e. The Balaban J connectivity index is 2.50. The lowest BCUT2D eigenvalue weighted by Gasteiger charge is -2.12. The Morgan fingerprint density at radius 3 is 2.69 bits per heavy atom. The van der Waals surface area contributed by atoms with Crippen LogP contribution in [0.25, 0.3) is 0 Å². The van der Waals surface area contributed by atoms with E-state index >= 15 is 0 Å². The molecule has 2 rings (SSSR count). The molecule has 0 aliphatic heterocycles. The molecular weight excluding hydrogens is 162 g/mol. The van der Waals surface area contributed by atoms with Crippen molar-refractivity contribution in [3.63, 3.8) is 0 Å². The smallest absolute Gasteiger partial charge is 0.176 e. The first kappa shape index (κ1) is 8.54. The van der Waals surface area contributed by atoms with Gasteiger partial charge >= 0.3 is 0 Å². The zero-order chi connectivity index (χ0) is 9.42. The summed E-state index contributed by atoms with van der Waals surface area (Å²) >= 11 is 0. The van der Waals surface area contributed by atoms with Gasteiger partial charge < -0.3 is 4.57 Å². The molecule has 1 aromatic rings. The van der Waals surface area contributed by atoms with E-state index in [4.69, 9.17) is 0 Å². The van der Waals surface area contributed by atoms with Gasteiger partial charge in [-0.3, -0.25) is 4.79 Å². The third-order valence-corrected chi connectivity index (χ3v) is 2.92. The first-order chi connectivity index (χ1) is 6.20. The monoisotopic (exact) mass is 177 g/mol. The quantitative estimate of drug-likeness (QED) is 0.602. The summed E-state index contributed by atoms with van der Waals surface area (Å²) in [7, 11) is 2.00. The van der Waals surface area contributed by atoms with E-state index in [1.54, 1.807) is 6.92 Å². The van der Waals surface area contributed by atoms with Crippen LogP contribution in [0.5, 0.6) is 0 Å². The highest BCUT2D eigenvalue weighted by atomic mass is 16.1. The number of aryl methyl sites for hydroxylation is 1. The second kappa shape index (κ2) is 3.02. The third-order valence-electron chi connectivity index (χ3n) is 2.92. The molecule has 2 heteroatoms. The Bertz CT molecular complexity index is 349. The topological polar surface area (TPSA) is 22.0 Å². The van der Waals surface area contributed by atoms with Crippen molar-refractivity contribution < 1.29 is 4.79 Å².